The van der Waals surface area contributed by atoms with Crippen LogP contribution in [0.5, 0.6) is 0 Å². The van der Waals surface area contributed by atoms with E-state index < -0.39 is 23.6 Å². The highest BCUT2D eigenvalue weighted by molar-refractivity contribution is 5.85. The molecule has 38 heavy (non-hydrogen) atoms. The number of hydrogen-bond acceptors (Lipinski definition) is 8. The number of carbonyl (C=O) groups excluding carboxylic acids is 1. The third kappa shape index (κ3) is 3.81. The molecule has 0 aromatic heterocycles. The van der Waals surface area contributed by atoms with Crippen LogP contribution >= 0.6 is 0 Å². The van der Waals surface area contributed by atoms with Crippen LogP contribution in [0.3, 0.4) is 0 Å². The Hall–Kier alpha value is -1.03. The number of hydrogen-bond donors (Lipinski definition) is 3. The molecular weight excluding hydrogens is 488 g/mol. The lowest BCUT2D eigenvalue weighted by atomic mass is 9.42. The SMILES string of the molecule is CO[C@H]1C[C@H](O[C@H]2CC[C@]3(C)[C@H]4CC[C@]5(C)[C@H](C6=CC(=O)OC6)CC[C@]5(O)[C@@H]4CC[C@]3(O)C2)O[C@H](C)[C@H]1O. The summed E-state index contributed by atoms with van der Waals surface area (Å²) < 4.78 is 23.0. The van der Waals surface area contributed by atoms with Crippen LogP contribution in [0, 0.1) is 28.6 Å². The van der Waals surface area contributed by atoms with E-state index in [0.29, 0.717) is 25.9 Å². The van der Waals surface area contributed by atoms with Gasteiger partial charge in [-0.15, -0.1) is 0 Å². The number of cyclic esters (lactones) is 1. The van der Waals surface area contributed by atoms with Crippen molar-refractivity contribution in [2.45, 2.75) is 127 Å². The highest BCUT2D eigenvalue weighted by Gasteiger charge is 2.70. The quantitative estimate of drug-likeness (QED) is 0.372. The maximum atomic E-state index is 12.4. The summed E-state index contributed by atoms with van der Waals surface area (Å²) in [5, 5.41) is 34.9. The van der Waals surface area contributed by atoms with Crippen LogP contribution in [0.2, 0.25) is 0 Å². The first kappa shape index (κ1) is 27.2. The lowest BCUT2D eigenvalue weighted by molar-refractivity contribution is -0.291. The van der Waals surface area contributed by atoms with E-state index in [9.17, 15) is 20.1 Å². The van der Waals surface area contributed by atoms with Gasteiger partial charge in [-0.3, -0.25) is 0 Å². The Morgan fingerprint density at radius 3 is 2.45 bits per heavy atom. The second-order valence-electron chi connectivity index (χ2n) is 13.8. The van der Waals surface area contributed by atoms with Gasteiger partial charge in [0.15, 0.2) is 6.29 Å². The number of esters is 1. The fourth-order valence-electron chi connectivity index (χ4n) is 10.0. The molecule has 8 heteroatoms. The predicted octanol–water partition coefficient (Wildman–Crippen LogP) is 3.25. The van der Waals surface area contributed by atoms with Gasteiger partial charge in [-0.25, -0.2) is 4.79 Å². The number of aliphatic hydroxyl groups excluding tert-OH is 1. The van der Waals surface area contributed by atoms with Crippen molar-refractivity contribution in [1.29, 1.82) is 0 Å². The van der Waals surface area contributed by atoms with Crippen molar-refractivity contribution in [3.8, 4) is 0 Å². The zero-order valence-electron chi connectivity index (χ0n) is 23.4. The molecule has 2 aliphatic heterocycles. The van der Waals surface area contributed by atoms with E-state index in [1.165, 1.54) is 0 Å². The Bertz CT molecular complexity index is 983. The number of ether oxygens (including phenoxy) is 4. The third-order valence-electron chi connectivity index (χ3n) is 12.4. The van der Waals surface area contributed by atoms with Crippen molar-refractivity contribution >= 4 is 5.97 Å². The van der Waals surface area contributed by atoms with E-state index >= 15 is 0 Å². The average molecular weight is 535 g/mol. The van der Waals surface area contributed by atoms with Gasteiger partial charge in [0.25, 0.3) is 0 Å². The molecule has 3 N–H and O–H groups in total. The number of aliphatic hydroxyl groups is 3. The average Bonchev–Trinajstić information content (AvgIpc) is 3.41. The van der Waals surface area contributed by atoms with Gasteiger partial charge in [-0.2, -0.15) is 0 Å². The molecule has 0 unspecified atom stereocenters. The van der Waals surface area contributed by atoms with Crippen molar-refractivity contribution < 1.29 is 39.1 Å². The highest BCUT2D eigenvalue weighted by Crippen LogP contribution is 2.70. The van der Waals surface area contributed by atoms with E-state index in [2.05, 4.69) is 13.8 Å². The van der Waals surface area contributed by atoms with Crippen LogP contribution in [-0.4, -0.2) is 76.9 Å². The summed E-state index contributed by atoms with van der Waals surface area (Å²) in [5.74, 6) is 0.293. The molecule has 0 amide bonds. The first-order valence-electron chi connectivity index (χ1n) is 14.8. The van der Waals surface area contributed by atoms with Crippen LogP contribution in [-0.2, 0) is 23.7 Å². The minimum Gasteiger partial charge on any atom is -0.458 e. The molecule has 214 valence electrons. The molecule has 2 heterocycles. The largest absolute Gasteiger partial charge is 0.458 e. The molecule has 0 aromatic carbocycles. The Balaban J connectivity index is 1.18. The molecule has 5 fully saturated rings. The normalized spacial score (nSPS) is 54.5. The fraction of sp³-hybridized carbons (Fsp3) is 0.900. The van der Waals surface area contributed by atoms with E-state index in [0.717, 1.165) is 50.5 Å². The Morgan fingerprint density at radius 2 is 1.74 bits per heavy atom. The molecule has 0 aromatic rings. The zero-order chi connectivity index (χ0) is 27.1. The van der Waals surface area contributed by atoms with Crippen LogP contribution < -0.4 is 0 Å². The van der Waals surface area contributed by atoms with Gasteiger partial charge in [-0.1, -0.05) is 13.8 Å². The van der Waals surface area contributed by atoms with Crippen LogP contribution in [0.15, 0.2) is 11.6 Å². The van der Waals surface area contributed by atoms with Crippen molar-refractivity contribution in [3.05, 3.63) is 11.6 Å². The number of fused-ring (bicyclic) bond motifs is 5. The highest BCUT2D eigenvalue weighted by atomic mass is 16.7. The number of rotatable bonds is 4. The van der Waals surface area contributed by atoms with Gasteiger partial charge in [0.1, 0.15) is 12.7 Å². The van der Waals surface area contributed by atoms with Crippen LogP contribution in [0.1, 0.15) is 85.0 Å². The maximum absolute atomic E-state index is 12.4. The topological polar surface area (TPSA) is 115 Å². The van der Waals surface area contributed by atoms with Gasteiger partial charge >= 0.3 is 5.97 Å². The number of methoxy groups -OCH3 is 1. The summed E-state index contributed by atoms with van der Waals surface area (Å²) in [4.78, 5) is 11.8. The van der Waals surface area contributed by atoms with Gasteiger partial charge in [0.2, 0.25) is 0 Å². The second kappa shape index (κ2) is 9.25. The third-order valence-corrected chi connectivity index (χ3v) is 12.4. The molecule has 6 aliphatic rings. The lowest BCUT2D eigenvalue weighted by Gasteiger charge is -2.66. The van der Waals surface area contributed by atoms with Crippen molar-refractivity contribution in [2.24, 2.45) is 28.6 Å². The second-order valence-corrected chi connectivity index (χ2v) is 13.8. The van der Waals surface area contributed by atoms with E-state index in [1.54, 1.807) is 13.2 Å². The Labute approximate surface area is 226 Å². The van der Waals surface area contributed by atoms with Gasteiger partial charge in [0, 0.05) is 31.4 Å². The Morgan fingerprint density at radius 1 is 1.00 bits per heavy atom. The smallest absolute Gasteiger partial charge is 0.331 e. The van der Waals surface area contributed by atoms with Crippen molar-refractivity contribution in [2.75, 3.05) is 13.7 Å². The summed E-state index contributed by atoms with van der Waals surface area (Å²) in [6.45, 7) is 6.67. The standard InChI is InChI=1S/C30H46O8/c1-17-26(32)23(35-4)14-25(37-17)38-19-5-9-27(2)21-6-10-28(3)20(18-13-24(31)36-16-18)8-12-30(28,34)22(21)7-11-29(27,33)15-19/h13,17,19-23,25-26,32-34H,5-12,14-16H2,1-4H3/t17-,19+,20+,21+,22-,23+,25+,26-,27-,28-,29+,30+/m1/s1. The molecule has 0 radical (unpaired) electrons. The molecule has 0 bridgehead atoms. The monoisotopic (exact) mass is 534 g/mol. The molecule has 4 aliphatic carbocycles. The summed E-state index contributed by atoms with van der Waals surface area (Å²) in [6.07, 6.45) is 7.36. The first-order chi connectivity index (χ1) is 17.9. The van der Waals surface area contributed by atoms with Crippen LogP contribution in [0.4, 0.5) is 0 Å². The van der Waals surface area contributed by atoms with Gasteiger partial charge in [-0.05, 0) is 87.0 Å². The number of carbonyl (C=O) groups is 1. The van der Waals surface area contributed by atoms with E-state index in [-0.39, 0.29) is 52.9 Å². The van der Waals surface area contributed by atoms with Crippen LogP contribution in [0.25, 0.3) is 0 Å². The zero-order valence-corrected chi connectivity index (χ0v) is 23.4. The molecular formula is C30H46O8. The molecule has 0 spiro atoms. The molecule has 6 rings (SSSR count). The van der Waals surface area contributed by atoms with E-state index in [4.69, 9.17) is 18.9 Å². The van der Waals surface area contributed by atoms with Crippen molar-refractivity contribution in [3.63, 3.8) is 0 Å². The maximum Gasteiger partial charge on any atom is 0.331 e. The van der Waals surface area contributed by atoms with Gasteiger partial charge < -0.3 is 34.3 Å². The lowest BCUT2D eigenvalue weighted by Crippen LogP contribution is -2.67. The summed E-state index contributed by atoms with van der Waals surface area (Å²) >= 11 is 0. The molecule has 12 atom stereocenters. The first-order valence-corrected chi connectivity index (χ1v) is 14.8. The minimum absolute atomic E-state index is 0.116. The summed E-state index contributed by atoms with van der Waals surface area (Å²) in [5.41, 5.74) is -1.17. The summed E-state index contributed by atoms with van der Waals surface area (Å²) in [6, 6.07) is 0. The van der Waals surface area contributed by atoms with Crippen molar-refractivity contribution in [1.82, 2.24) is 0 Å². The van der Waals surface area contributed by atoms with Gasteiger partial charge in [0.05, 0.1) is 29.5 Å². The molecule has 4 saturated carbocycles. The Kier molecular flexibility index (Phi) is 6.61. The molecule has 1 saturated heterocycles. The summed E-state index contributed by atoms with van der Waals surface area (Å²) in [7, 11) is 1.60. The van der Waals surface area contributed by atoms with E-state index in [1.807, 2.05) is 6.92 Å². The molecule has 8 nitrogen and oxygen atoms in total. The fourth-order valence-corrected chi connectivity index (χ4v) is 10.0. The predicted molar refractivity (Wildman–Crippen MR) is 138 cm³/mol. The minimum atomic E-state index is -0.853.